The number of rotatable bonds is 7. The van der Waals surface area contributed by atoms with E-state index < -0.39 is 0 Å². The lowest BCUT2D eigenvalue weighted by atomic mass is 10.1. The quantitative estimate of drug-likeness (QED) is 0.688. The fraction of sp³-hybridized carbons (Fsp3) is 0.389. The molecule has 0 saturated heterocycles. The molecule has 0 saturated carbocycles. The van der Waals surface area contributed by atoms with E-state index in [1.165, 1.54) is 0 Å². The lowest BCUT2D eigenvalue weighted by Gasteiger charge is -2.17. The lowest BCUT2D eigenvalue weighted by Crippen LogP contribution is -2.29. The van der Waals surface area contributed by atoms with E-state index in [0.717, 1.165) is 36.1 Å². The smallest absolute Gasteiger partial charge is 0.279 e. The first kappa shape index (κ1) is 17.2. The van der Waals surface area contributed by atoms with Crippen LogP contribution in [0.3, 0.4) is 0 Å². The van der Waals surface area contributed by atoms with Crippen LogP contribution in [0.4, 0.5) is 5.95 Å². The van der Waals surface area contributed by atoms with E-state index in [1.807, 2.05) is 42.1 Å². The van der Waals surface area contributed by atoms with Crippen LogP contribution in [0.5, 0.6) is 0 Å². The Kier molecular flexibility index (Phi) is 5.14. The Morgan fingerprint density at radius 3 is 2.68 bits per heavy atom. The highest BCUT2D eigenvalue weighted by Crippen LogP contribution is 2.26. The van der Waals surface area contributed by atoms with Gasteiger partial charge in [-0.05, 0) is 19.2 Å². The summed E-state index contributed by atoms with van der Waals surface area (Å²) in [6.07, 6.45) is 1.91. The maximum atomic E-state index is 12.5. The van der Waals surface area contributed by atoms with Crippen LogP contribution in [-0.2, 0) is 7.05 Å². The zero-order valence-corrected chi connectivity index (χ0v) is 14.9. The third-order valence-electron chi connectivity index (χ3n) is 4.46. The highest BCUT2D eigenvalue weighted by atomic mass is 16.1. The van der Waals surface area contributed by atoms with Crippen LogP contribution < -0.4 is 10.9 Å². The topological polar surface area (TPSA) is 78.8 Å². The summed E-state index contributed by atoms with van der Waals surface area (Å²) < 4.78 is 1.99. The molecule has 7 heteroatoms. The average molecular weight is 340 g/mol. The molecule has 0 fully saturated rings. The molecule has 2 aromatic heterocycles. The van der Waals surface area contributed by atoms with Crippen molar-refractivity contribution in [2.45, 2.75) is 13.8 Å². The van der Waals surface area contributed by atoms with Gasteiger partial charge in [-0.3, -0.25) is 9.78 Å². The molecular weight excluding hydrogens is 316 g/mol. The van der Waals surface area contributed by atoms with Crippen molar-refractivity contribution in [3.8, 4) is 11.3 Å². The molecule has 3 aromatic rings. The summed E-state index contributed by atoms with van der Waals surface area (Å²) in [6, 6.07) is 7.94. The van der Waals surface area contributed by atoms with E-state index in [1.54, 1.807) is 0 Å². The van der Waals surface area contributed by atoms with Crippen LogP contribution in [0.2, 0.25) is 0 Å². The number of aromatic amines is 1. The van der Waals surface area contributed by atoms with Crippen molar-refractivity contribution in [1.82, 2.24) is 24.6 Å². The first-order valence-electron chi connectivity index (χ1n) is 8.61. The number of hydrogen-bond acceptors (Lipinski definition) is 5. The first-order valence-corrected chi connectivity index (χ1v) is 8.61. The normalized spacial score (nSPS) is 11.4. The predicted molar refractivity (Wildman–Crippen MR) is 101 cm³/mol. The van der Waals surface area contributed by atoms with Crippen molar-refractivity contribution < 1.29 is 0 Å². The van der Waals surface area contributed by atoms with Gasteiger partial charge in [-0.15, -0.1) is 10.2 Å². The minimum Gasteiger partial charge on any atom is -0.353 e. The number of nitrogens with one attached hydrogen (secondary N) is 2. The average Bonchev–Trinajstić information content (AvgIpc) is 2.96. The van der Waals surface area contributed by atoms with Crippen LogP contribution in [0.15, 0.2) is 35.3 Å². The molecule has 0 spiro atoms. The molecule has 1 aromatic carbocycles. The lowest BCUT2D eigenvalue weighted by molar-refractivity contribution is 0.315. The van der Waals surface area contributed by atoms with Crippen LogP contribution in [0.25, 0.3) is 22.2 Å². The molecule has 0 unspecified atom stereocenters. The second kappa shape index (κ2) is 7.48. The van der Waals surface area contributed by atoms with Gasteiger partial charge in [0, 0.05) is 42.8 Å². The van der Waals surface area contributed by atoms with Gasteiger partial charge in [0.1, 0.15) is 0 Å². The van der Waals surface area contributed by atoms with Crippen molar-refractivity contribution in [1.29, 1.82) is 0 Å². The van der Waals surface area contributed by atoms with E-state index in [-0.39, 0.29) is 5.56 Å². The van der Waals surface area contributed by atoms with Crippen molar-refractivity contribution in [2.24, 2.45) is 7.05 Å². The summed E-state index contributed by atoms with van der Waals surface area (Å²) in [5, 5.41) is 12.4. The molecule has 2 heterocycles. The Hall–Kier alpha value is -2.67. The largest absolute Gasteiger partial charge is 0.353 e. The van der Waals surface area contributed by atoms with Crippen LogP contribution >= 0.6 is 0 Å². The molecule has 132 valence electrons. The zero-order chi connectivity index (χ0) is 17.8. The van der Waals surface area contributed by atoms with Gasteiger partial charge >= 0.3 is 0 Å². The number of aryl methyl sites for hydroxylation is 1. The maximum Gasteiger partial charge on any atom is 0.279 e. The maximum absolute atomic E-state index is 12.5. The highest BCUT2D eigenvalue weighted by Gasteiger charge is 2.14. The van der Waals surface area contributed by atoms with E-state index in [2.05, 4.69) is 39.2 Å². The number of benzene rings is 1. The number of aromatic nitrogens is 4. The second-order valence-corrected chi connectivity index (χ2v) is 5.98. The highest BCUT2D eigenvalue weighted by molar-refractivity contribution is 5.94. The SMILES string of the molecule is CCN(CC)CCNc1nnc(-c2cn(C)c3ccccc23)c(=O)[nH]1. The van der Waals surface area contributed by atoms with Gasteiger partial charge in [0.2, 0.25) is 5.95 Å². The zero-order valence-electron chi connectivity index (χ0n) is 14.9. The summed E-state index contributed by atoms with van der Waals surface area (Å²) in [4.78, 5) is 17.6. The predicted octanol–water partition coefficient (Wildman–Crippen LogP) is 2.08. The van der Waals surface area contributed by atoms with E-state index in [0.29, 0.717) is 18.2 Å². The molecule has 0 aliphatic carbocycles. The number of nitrogens with zero attached hydrogens (tertiary/aromatic N) is 4. The Balaban J connectivity index is 1.81. The Bertz CT molecular complexity index is 909. The minimum atomic E-state index is -0.239. The van der Waals surface area contributed by atoms with Crippen molar-refractivity contribution in [3.05, 3.63) is 40.8 Å². The van der Waals surface area contributed by atoms with Crippen LogP contribution in [0, 0.1) is 0 Å². The van der Waals surface area contributed by atoms with E-state index in [9.17, 15) is 4.79 Å². The molecular formula is C18H24N6O. The van der Waals surface area contributed by atoms with Gasteiger partial charge in [-0.1, -0.05) is 32.0 Å². The number of anilines is 1. The molecule has 0 aliphatic rings. The molecule has 0 amide bonds. The fourth-order valence-corrected chi connectivity index (χ4v) is 3.00. The monoisotopic (exact) mass is 340 g/mol. The summed E-state index contributed by atoms with van der Waals surface area (Å²) in [5.74, 6) is 0.404. The van der Waals surface area contributed by atoms with Crippen molar-refractivity contribution in [2.75, 3.05) is 31.5 Å². The summed E-state index contributed by atoms with van der Waals surface area (Å²) in [6.45, 7) is 7.86. The molecule has 0 atom stereocenters. The van der Waals surface area contributed by atoms with Gasteiger partial charge < -0.3 is 14.8 Å². The molecule has 25 heavy (non-hydrogen) atoms. The molecule has 3 rings (SSSR count). The van der Waals surface area contributed by atoms with E-state index in [4.69, 9.17) is 0 Å². The number of para-hydroxylation sites is 1. The molecule has 0 aliphatic heterocycles. The fourth-order valence-electron chi connectivity index (χ4n) is 3.00. The Labute approximate surface area is 146 Å². The molecule has 0 radical (unpaired) electrons. The van der Waals surface area contributed by atoms with Crippen LogP contribution in [-0.4, -0.2) is 50.8 Å². The van der Waals surface area contributed by atoms with Gasteiger partial charge in [-0.25, -0.2) is 0 Å². The third-order valence-corrected chi connectivity index (χ3v) is 4.46. The van der Waals surface area contributed by atoms with Gasteiger partial charge in [0.15, 0.2) is 5.69 Å². The molecule has 7 nitrogen and oxygen atoms in total. The van der Waals surface area contributed by atoms with Crippen LogP contribution in [0.1, 0.15) is 13.8 Å². The standard InChI is InChI=1S/C18H24N6O/c1-4-24(5-2)11-10-19-18-20-17(25)16(21-22-18)14-12-23(3)15-9-7-6-8-13(14)15/h6-9,12H,4-5,10-11H2,1-3H3,(H2,19,20,22,25). The number of hydrogen-bond donors (Lipinski definition) is 2. The van der Waals surface area contributed by atoms with Gasteiger partial charge in [-0.2, -0.15) is 0 Å². The number of H-pyrrole nitrogens is 1. The van der Waals surface area contributed by atoms with Crippen molar-refractivity contribution in [3.63, 3.8) is 0 Å². The van der Waals surface area contributed by atoms with Gasteiger partial charge in [0.05, 0.1) is 0 Å². The Morgan fingerprint density at radius 1 is 1.20 bits per heavy atom. The summed E-state index contributed by atoms with van der Waals surface area (Å²) in [7, 11) is 1.95. The summed E-state index contributed by atoms with van der Waals surface area (Å²) in [5.41, 5.74) is 1.95. The van der Waals surface area contributed by atoms with E-state index >= 15 is 0 Å². The van der Waals surface area contributed by atoms with Crippen molar-refractivity contribution >= 4 is 16.9 Å². The van der Waals surface area contributed by atoms with Gasteiger partial charge in [0.25, 0.3) is 5.56 Å². The first-order chi connectivity index (χ1) is 12.1. The number of fused-ring (bicyclic) bond motifs is 1. The third kappa shape index (κ3) is 3.56. The minimum absolute atomic E-state index is 0.239. The molecule has 0 bridgehead atoms. The summed E-state index contributed by atoms with van der Waals surface area (Å²) >= 11 is 0. The second-order valence-electron chi connectivity index (χ2n) is 5.98. The number of likely N-dealkylation sites (N-methyl/N-ethyl adjacent to an activating group) is 1. The Morgan fingerprint density at radius 2 is 1.96 bits per heavy atom. The molecule has 2 N–H and O–H groups in total.